The van der Waals surface area contributed by atoms with Gasteiger partial charge in [0, 0.05) is 18.6 Å². The molecule has 24 heavy (non-hydrogen) atoms. The summed E-state index contributed by atoms with van der Waals surface area (Å²) in [5.74, 6) is -1.46. The first-order chi connectivity index (χ1) is 11.1. The molecule has 2 rings (SSSR count). The highest BCUT2D eigenvalue weighted by Gasteiger charge is 2.23. The number of nitrogens with zero attached hydrogens (tertiary/aromatic N) is 3. The van der Waals surface area contributed by atoms with Crippen molar-refractivity contribution in [2.45, 2.75) is 46.6 Å². The third-order valence-corrected chi connectivity index (χ3v) is 3.91. The Kier molecular flexibility index (Phi) is 4.91. The van der Waals surface area contributed by atoms with Gasteiger partial charge in [-0.1, -0.05) is 20.8 Å². The number of aryl methyl sites for hydroxylation is 2. The SMILES string of the molecule is Cc1nn(C)c2ncc(C(=O)NC(CCC(C)(C)C)C(=O)O)cc12. The first kappa shape index (κ1) is 17.9. The molecule has 1 unspecified atom stereocenters. The lowest BCUT2D eigenvalue weighted by atomic mass is 9.88. The van der Waals surface area contributed by atoms with Gasteiger partial charge in [0.05, 0.1) is 11.3 Å². The number of carbonyl (C=O) groups excluding carboxylic acids is 1. The van der Waals surface area contributed by atoms with Gasteiger partial charge < -0.3 is 10.4 Å². The summed E-state index contributed by atoms with van der Waals surface area (Å²) >= 11 is 0. The molecule has 1 atom stereocenters. The highest BCUT2D eigenvalue weighted by Crippen LogP contribution is 2.22. The van der Waals surface area contributed by atoms with Crippen LogP contribution in [0.2, 0.25) is 0 Å². The quantitative estimate of drug-likeness (QED) is 0.875. The summed E-state index contributed by atoms with van der Waals surface area (Å²) in [5, 5.41) is 17.0. The van der Waals surface area contributed by atoms with Gasteiger partial charge in [0.25, 0.3) is 5.91 Å². The molecule has 0 aliphatic rings. The molecule has 0 bridgehead atoms. The highest BCUT2D eigenvalue weighted by atomic mass is 16.4. The summed E-state index contributed by atoms with van der Waals surface area (Å²) < 4.78 is 1.65. The summed E-state index contributed by atoms with van der Waals surface area (Å²) in [6.45, 7) is 7.96. The van der Waals surface area contributed by atoms with Gasteiger partial charge in [-0.2, -0.15) is 5.10 Å². The van der Waals surface area contributed by atoms with E-state index in [-0.39, 0.29) is 5.41 Å². The van der Waals surface area contributed by atoms with Crippen molar-refractivity contribution in [3.8, 4) is 0 Å². The molecule has 7 nitrogen and oxygen atoms in total. The van der Waals surface area contributed by atoms with Crippen LogP contribution in [-0.2, 0) is 11.8 Å². The lowest BCUT2D eigenvalue weighted by Crippen LogP contribution is -2.41. The summed E-state index contributed by atoms with van der Waals surface area (Å²) in [6, 6.07) is 0.783. The number of rotatable bonds is 5. The topological polar surface area (TPSA) is 97.1 Å². The van der Waals surface area contributed by atoms with E-state index in [1.54, 1.807) is 17.8 Å². The van der Waals surface area contributed by atoms with Crippen molar-refractivity contribution in [3.63, 3.8) is 0 Å². The second-order valence-electron chi connectivity index (χ2n) is 7.27. The number of aromatic nitrogens is 3. The van der Waals surface area contributed by atoms with Crippen molar-refractivity contribution >= 4 is 22.9 Å². The first-order valence-electron chi connectivity index (χ1n) is 7.91. The summed E-state index contributed by atoms with van der Waals surface area (Å²) in [4.78, 5) is 28.1. The molecule has 1 amide bonds. The zero-order chi connectivity index (χ0) is 18.1. The van der Waals surface area contributed by atoms with Gasteiger partial charge >= 0.3 is 5.97 Å². The Morgan fingerprint density at radius 3 is 2.62 bits per heavy atom. The molecule has 0 aliphatic carbocycles. The fraction of sp³-hybridized carbons (Fsp3) is 0.529. The van der Waals surface area contributed by atoms with Crippen molar-refractivity contribution < 1.29 is 14.7 Å². The maximum atomic E-state index is 12.4. The molecule has 0 saturated carbocycles. The van der Waals surface area contributed by atoms with Crippen LogP contribution in [0.15, 0.2) is 12.3 Å². The van der Waals surface area contributed by atoms with Gasteiger partial charge in [-0.15, -0.1) is 0 Å². The predicted molar refractivity (Wildman–Crippen MR) is 90.8 cm³/mol. The maximum absolute atomic E-state index is 12.4. The summed E-state index contributed by atoms with van der Waals surface area (Å²) in [6.07, 6.45) is 2.52. The van der Waals surface area contributed by atoms with E-state index in [2.05, 4.69) is 15.4 Å². The first-order valence-corrected chi connectivity index (χ1v) is 7.91. The second kappa shape index (κ2) is 6.59. The average molecular weight is 332 g/mol. The van der Waals surface area contributed by atoms with Crippen molar-refractivity contribution in [1.29, 1.82) is 0 Å². The van der Waals surface area contributed by atoms with Gasteiger partial charge in [-0.05, 0) is 31.2 Å². The van der Waals surface area contributed by atoms with Crippen molar-refractivity contribution in [2.24, 2.45) is 12.5 Å². The summed E-state index contributed by atoms with van der Waals surface area (Å²) in [5.41, 5.74) is 1.80. The van der Waals surface area contributed by atoms with Crippen molar-refractivity contribution in [2.75, 3.05) is 0 Å². The van der Waals surface area contributed by atoms with Crippen LogP contribution < -0.4 is 5.32 Å². The molecule has 2 N–H and O–H groups in total. The molecule has 0 aliphatic heterocycles. The molecular weight excluding hydrogens is 308 g/mol. The Morgan fingerprint density at radius 2 is 2.04 bits per heavy atom. The molecule has 2 heterocycles. The van der Waals surface area contributed by atoms with Gasteiger partial charge in [0.15, 0.2) is 5.65 Å². The number of carboxylic acids is 1. The minimum Gasteiger partial charge on any atom is -0.480 e. The van der Waals surface area contributed by atoms with Crippen molar-refractivity contribution in [3.05, 3.63) is 23.5 Å². The van der Waals surface area contributed by atoms with Crippen LogP contribution >= 0.6 is 0 Å². The van der Waals surface area contributed by atoms with Gasteiger partial charge in [-0.25, -0.2) is 9.78 Å². The van der Waals surface area contributed by atoms with E-state index >= 15 is 0 Å². The molecule has 0 aromatic carbocycles. The zero-order valence-electron chi connectivity index (χ0n) is 14.8. The van der Waals surface area contributed by atoms with E-state index in [1.807, 2.05) is 27.7 Å². The molecule has 0 fully saturated rings. The average Bonchev–Trinajstić information content (AvgIpc) is 2.76. The Morgan fingerprint density at radius 1 is 1.38 bits per heavy atom. The van der Waals surface area contributed by atoms with Crippen LogP contribution in [0.1, 0.15) is 49.7 Å². The molecular formula is C17H24N4O3. The van der Waals surface area contributed by atoms with Crippen LogP contribution in [0.3, 0.4) is 0 Å². The van der Waals surface area contributed by atoms with Gasteiger partial charge in [0.2, 0.25) is 0 Å². The Labute approximate surface area is 141 Å². The number of hydrogen-bond donors (Lipinski definition) is 2. The monoisotopic (exact) mass is 332 g/mol. The number of fused-ring (bicyclic) bond motifs is 1. The second-order valence-corrected chi connectivity index (χ2v) is 7.27. The molecule has 0 spiro atoms. The molecule has 0 radical (unpaired) electrons. The number of pyridine rings is 1. The van der Waals surface area contributed by atoms with Crippen LogP contribution in [0, 0.1) is 12.3 Å². The molecule has 0 saturated heterocycles. The third-order valence-electron chi connectivity index (χ3n) is 3.91. The van der Waals surface area contributed by atoms with Crippen molar-refractivity contribution in [1.82, 2.24) is 20.1 Å². The molecule has 2 aromatic rings. The largest absolute Gasteiger partial charge is 0.480 e. The number of nitrogens with one attached hydrogen (secondary N) is 1. The van der Waals surface area contributed by atoms with E-state index in [0.29, 0.717) is 24.1 Å². The Bertz CT molecular complexity index is 774. The van der Waals surface area contributed by atoms with E-state index in [4.69, 9.17) is 0 Å². The lowest BCUT2D eigenvalue weighted by molar-refractivity contribution is -0.139. The van der Waals surface area contributed by atoms with Gasteiger partial charge in [-0.3, -0.25) is 9.48 Å². The minimum absolute atomic E-state index is 0.00567. The number of carboxylic acid groups (broad SMARTS) is 1. The summed E-state index contributed by atoms with van der Waals surface area (Å²) in [7, 11) is 1.79. The number of carbonyl (C=O) groups is 2. The van der Waals surface area contributed by atoms with E-state index in [0.717, 1.165) is 11.1 Å². The van der Waals surface area contributed by atoms with Gasteiger partial charge in [0.1, 0.15) is 6.04 Å². The van der Waals surface area contributed by atoms with Crippen LogP contribution in [0.5, 0.6) is 0 Å². The molecule has 7 heteroatoms. The lowest BCUT2D eigenvalue weighted by Gasteiger charge is -2.21. The minimum atomic E-state index is -1.03. The smallest absolute Gasteiger partial charge is 0.326 e. The Balaban J connectivity index is 2.17. The van der Waals surface area contributed by atoms with E-state index in [9.17, 15) is 14.7 Å². The molecule has 130 valence electrons. The fourth-order valence-electron chi connectivity index (χ4n) is 2.51. The third kappa shape index (κ3) is 4.10. The van der Waals surface area contributed by atoms with Crippen LogP contribution in [-0.4, -0.2) is 37.8 Å². The zero-order valence-corrected chi connectivity index (χ0v) is 14.8. The van der Waals surface area contributed by atoms with E-state index < -0.39 is 17.9 Å². The highest BCUT2D eigenvalue weighted by molar-refractivity contribution is 5.99. The van der Waals surface area contributed by atoms with Crippen LogP contribution in [0.25, 0.3) is 11.0 Å². The molecule has 2 aromatic heterocycles. The predicted octanol–water partition coefficient (Wildman–Crippen LogP) is 2.29. The Hall–Kier alpha value is -2.44. The maximum Gasteiger partial charge on any atom is 0.326 e. The number of amides is 1. The number of hydrogen-bond acceptors (Lipinski definition) is 4. The van der Waals surface area contributed by atoms with E-state index in [1.165, 1.54) is 6.20 Å². The normalized spacial score (nSPS) is 13.0. The standard InChI is InChI=1S/C17H24N4O3/c1-10-12-8-11(9-18-14(12)21(5)20-10)15(22)19-13(16(23)24)6-7-17(2,3)4/h8-9,13H,6-7H2,1-5H3,(H,19,22)(H,23,24). The number of aliphatic carboxylic acids is 1. The van der Waals surface area contributed by atoms with Crippen LogP contribution in [0.4, 0.5) is 0 Å². The fourth-order valence-corrected chi connectivity index (χ4v) is 2.51.